The smallest absolute Gasteiger partial charge is 0.0963 e. The highest BCUT2D eigenvalue weighted by Crippen LogP contribution is 2.35. The largest absolute Gasteiger partial charge is 0.392 e. The van der Waals surface area contributed by atoms with Crippen molar-refractivity contribution in [1.82, 2.24) is 0 Å². The zero-order valence-electron chi connectivity index (χ0n) is 15.1. The molecule has 3 nitrogen and oxygen atoms in total. The topological polar surface area (TPSA) is 49.7 Å². The molecule has 24 heavy (non-hydrogen) atoms. The molecule has 0 saturated heterocycles. The maximum absolute atomic E-state index is 13.2. The Hall–Kier alpha value is -1.13. The minimum atomic E-state index is -2.57. The second kappa shape index (κ2) is 8.82. The van der Waals surface area contributed by atoms with Crippen LogP contribution in [0, 0.1) is 17.8 Å². The van der Waals surface area contributed by atoms with E-state index in [0.29, 0.717) is 5.92 Å². The summed E-state index contributed by atoms with van der Waals surface area (Å²) >= 11 is 0. The molecule has 4 heteroatoms. The van der Waals surface area contributed by atoms with Crippen molar-refractivity contribution in [2.24, 2.45) is 22.1 Å². The summed E-state index contributed by atoms with van der Waals surface area (Å²) in [6.45, 7) is 4.10. The number of hydrogen-bond acceptors (Lipinski definition) is 3. The number of nitrogens with zero attached hydrogens (tertiary/aromatic N) is 1. The van der Waals surface area contributed by atoms with Crippen molar-refractivity contribution in [2.75, 3.05) is 7.05 Å². The van der Waals surface area contributed by atoms with Crippen LogP contribution in [0.2, 0.25) is 0 Å². The minimum absolute atomic E-state index is 0.0524. The highest BCUT2D eigenvalue weighted by Gasteiger charge is 2.29. The summed E-state index contributed by atoms with van der Waals surface area (Å²) in [5.41, 5.74) is 0. The fourth-order valence-corrected chi connectivity index (χ4v) is 5.00. The number of rotatable bonds is 6. The molecule has 1 unspecified atom stereocenters. The summed E-state index contributed by atoms with van der Waals surface area (Å²) in [7, 11) is -0.960. The van der Waals surface area contributed by atoms with E-state index in [-0.39, 0.29) is 11.8 Å². The standard InChI is InChI=1S/C20H31NO2S/c1-16(2)20(22)19(17-10-6-4-7-11-17)14-15-24(23,21-3)18-12-8-5-9-13-18/h5,8-9,12-17,19-20,22H,4,6-7,10-11H2,1-3H3/b15-14-/t19-,20+,24?/m1/s1. The molecular formula is C20H31NO2S. The SMILES string of the molecule is CN=S(=O)(/C=C\[C@H](C1CCCCC1)[C@@H](O)C(C)C)c1ccccc1. The molecule has 1 aliphatic carbocycles. The van der Waals surface area contributed by atoms with Crippen molar-refractivity contribution in [2.45, 2.75) is 57.0 Å². The van der Waals surface area contributed by atoms with E-state index in [1.54, 1.807) is 12.5 Å². The lowest BCUT2D eigenvalue weighted by molar-refractivity contribution is 0.0483. The molecule has 1 saturated carbocycles. The van der Waals surface area contributed by atoms with Crippen LogP contribution in [-0.2, 0) is 9.73 Å². The first-order chi connectivity index (χ1) is 11.5. The zero-order chi connectivity index (χ0) is 17.6. The van der Waals surface area contributed by atoms with Crippen LogP contribution in [-0.4, -0.2) is 22.5 Å². The third kappa shape index (κ3) is 4.70. The van der Waals surface area contributed by atoms with E-state index >= 15 is 0 Å². The van der Waals surface area contributed by atoms with Gasteiger partial charge >= 0.3 is 0 Å². The Morgan fingerprint density at radius 1 is 1.17 bits per heavy atom. The summed E-state index contributed by atoms with van der Waals surface area (Å²) < 4.78 is 17.4. The van der Waals surface area contributed by atoms with Gasteiger partial charge in [-0.2, -0.15) is 0 Å². The average molecular weight is 350 g/mol. The normalized spacial score (nSPS) is 21.5. The van der Waals surface area contributed by atoms with Gasteiger partial charge in [-0.3, -0.25) is 0 Å². The Morgan fingerprint density at radius 2 is 1.79 bits per heavy atom. The Labute approximate surface area is 147 Å². The Morgan fingerprint density at radius 3 is 2.33 bits per heavy atom. The highest BCUT2D eigenvalue weighted by atomic mass is 32.2. The van der Waals surface area contributed by atoms with Gasteiger partial charge in [-0.25, -0.2) is 8.57 Å². The van der Waals surface area contributed by atoms with Gasteiger partial charge < -0.3 is 5.11 Å². The van der Waals surface area contributed by atoms with E-state index < -0.39 is 15.8 Å². The number of aliphatic hydroxyl groups excluding tert-OH is 1. The highest BCUT2D eigenvalue weighted by molar-refractivity contribution is 7.96. The molecule has 1 aromatic carbocycles. The monoisotopic (exact) mass is 349 g/mol. The summed E-state index contributed by atoms with van der Waals surface area (Å²) in [6.07, 6.45) is 7.63. The van der Waals surface area contributed by atoms with Crippen molar-refractivity contribution in [3.8, 4) is 0 Å². The van der Waals surface area contributed by atoms with Crippen molar-refractivity contribution < 1.29 is 9.32 Å². The predicted octanol–water partition coefficient (Wildman–Crippen LogP) is 4.87. The van der Waals surface area contributed by atoms with Crippen LogP contribution in [0.4, 0.5) is 0 Å². The zero-order valence-corrected chi connectivity index (χ0v) is 15.9. The van der Waals surface area contributed by atoms with Gasteiger partial charge in [0.15, 0.2) is 0 Å². The maximum Gasteiger partial charge on any atom is 0.0963 e. The molecule has 0 amide bonds. The van der Waals surface area contributed by atoms with Gasteiger partial charge in [-0.05, 0) is 36.8 Å². The first kappa shape index (κ1) is 19.2. The van der Waals surface area contributed by atoms with E-state index in [9.17, 15) is 9.32 Å². The Balaban J connectivity index is 2.30. The van der Waals surface area contributed by atoms with Crippen LogP contribution in [0.25, 0.3) is 0 Å². The molecule has 1 N–H and O–H groups in total. The second-order valence-corrected chi connectivity index (χ2v) is 9.35. The summed E-state index contributed by atoms with van der Waals surface area (Å²) in [6, 6.07) is 9.39. The first-order valence-electron chi connectivity index (χ1n) is 9.04. The molecule has 0 radical (unpaired) electrons. The minimum Gasteiger partial charge on any atom is -0.392 e. The van der Waals surface area contributed by atoms with Crippen LogP contribution < -0.4 is 0 Å². The van der Waals surface area contributed by atoms with Gasteiger partial charge in [0.2, 0.25) is 0 Å². The fraction of sp³-hybridized carbons (Fsp3) is 0.600. The first-order valence-corrected chi connectivity index (χ1v) is 10.6. The number of aliphatic hydroxyl groups is 1. The lowest BCUT2D eigenvalue weighted by Gasteiger charge is -2.33. The van der Waals surface area contributed by atoms with Crippen LogP contribution in [0.1, 0.15) is 46.0 Å². The van der Waals surface area contributed by atoms with E-state index in [1.807, 2.05) is 50.3 Å². The van der Waals surface area contributed by atoms with Crippen molar-refractivity contribution >= 4 is 9.73 Å². The van der Waals surface area contributed by atoms with E-state index in [4.69, 9.17) is 0 Å². The van der Waals surface area contributed by atoms with Gasteiger partial charge in [0.05, 0.1) is 20.7 Å². The summed E-state index contributed by atoms with van der Waals surface area (Å²) in [5, 5.41) is 12.4. The lowest BCUT2D eigenvalue weighted by Crippen LogP contribution is -2.32. The third-order valence-corrected chi connectivity index (χ3v) is 7.13. The Kier molecular flexibility index (Phi) is 7.05. The molecular weight excluding hydrogens is 318 g/mol. The summed E-state index contributed by atoms with van der Waals surface area (Å²) in [4.78, 5) is 0.727. The lowest BCUT2D eigenvalue weighted by atomic mass is 9.75. The second-order valence-electron chi connectivity index (χ2n) is 7.10. The fourth-order valence-electron chi connectivity index (χ4n) is 3.57. The molecule has 134 valence electrons. The average Bonchev–Trinajstić information content (AvgIpc) is 2.63. The predicted molar refractivity (Wildman–Crippen MR) is 101 cm³/mol. The molecule has 0 spiro atoms. The van der Waals surface area contributed by atoms with Gasteiger partial charge in [-0.1, -0.05) is 57.4 Å². The molecule has 0 aliphatic heterocycles. The molecule has 1 aliphatic rings. The van der Waals surface area contributed by atoms with E-state index in [0.717, 1.165) is 17.7 Å². The van der Waals surface area contributed by atoms with Crippen molar-refractivity contribution in [3.63, 3.8) is 0 Å². The van der Waals surface area contributed by atoms with Gasteiger partial charge in [-0.15, -0.1) is 0 Å². The van der Waals surface area contributed by atoms with Gasteiger partial charge in [0, 0.05) is 18.4 Å². The van der Waals surface area contributed by atoms with Gasteiger partial charge in [0.25, 0.3) is 0 Å². The van der Waals surface area contributed by atoms with Crippen LogP contribution in [0.5, 0.6) is 0 Å². The molecule has 3 atom stereocenters. The molecule has 0 aromatic heterocycles. The third-order valence-electron chi connectivity index (χ3n) is 5.11. The van der Waals surface area contributed by atoms with Gasteiger partial charge in [0.1, 0.15) is 0 Å². The number of benzene rings is 1. The van der Waals surface area contributed by atoms with Crippen LogP contribution in [0.3, 0.4) is 0 Å². The molecule has 0 heterocycles. The molecule has 0 bridgehead atoms. The molecule has 1 fully saturated rings. The van der Waals surface area contributed by atoms with E-state index in [1.165, 1.54) is 19.3 Å². The quantitative estimate of drug-likeness (QED) is 0.796. The van der Waals surface area contributed by atoms with E-state index in [2.05, 4.69) is 4.36 Å². The molecule has 2 rings (SSSR count). The summed E-state index contributed by atoms with van der Waals surface area (Å²) in [5.74, 6) is 0.716. The number of hydrogen-bond donors (Lipinski definition) is 1. The van der Waals surface area contributed by atoms with Crippen molar-refractivity contribution in [1.29, 1.82) is 0 Å². The molecule has 1 aromatic rings. The van der Waals surface area contributed by atoms with Crippen LogP contribution in [0.15, 0.2) is 51.1 Å². The van der Waals surface area contributed by atoms with Crippen molar-refractivity contribution in [3.05, 3.63) is 41.8 Å². The van der Waals surface area contributed by atoms with Crippen LogP contribution >= 0.6 is 0 Å². The Bertz CT molecular complexity index is 639. The maximum atomic E-state index is 13.2.